The number of ether oxygens (including phenoxy) is 1. The molecule has 1 N–H and O–H groups in total. The summed E-state index contributed by atoms with van der Waals surface area (Å²) in [6, 6.07) is 10.0. The second-order valence-corrected chi connectivity index (χ2v) is 6.69. The standard InChI is InChI=1S/C14H15BrClNOS/c1-2-17-8-10-3-5-13(12(15)7-10)18-9-11-4-6-14(16)19-11/h3-7,17H,2,8-9H2,1H3. The quantitative estimate of drug-likeness (QED) is 0.795. The lowest BCUT2D eigenvalue weighted by Gasteiger charge is -2.09. The lowest BCUT2D eigenvalue weighted by atomic mass is 10.2. The maximum atomic E-state index is 5.89. The summed E-state index contributed by atoms with van der Waals surface area (Å²) in [5, 5.41) is 3.30. The van der Waals surface area contributed by atoms with Crippen molar-refractivity contribution in [2.75, 3.05) is 6.54 Å². The van der Waals surface area contributed by atoms with Gasteiger partial charge in [-0.25, -0.2) is 0 Å². The van der Waals surface area contributed by atoms with E-state index in [2.05, 4.69) is 40.3 Å². The van der Waals surface area contributed by atoms with Gasteiger partial charge in [0.05, 0.1) is 8.81 Å². The molecule has 0 aliphatic rings. The van der Waals surface area contributed by atoms with Crippen LogP contribution in [-0.2, 0) is 13.2 Å². The highest BCUT2D eigenvalue weighted by atomic mass is 79.9. The Bertz CT molecular complexity index is 544. The second-order valence-electron chi connectivity index (χ2n) is 4.04. The predicted octanol–water partition coefficient (Wildman–Crippen LogP) is 4.85. The molecule has 0 unspecified atom stereocenters. The molecule has 5 heteroatoms. The molecule has 0 aliphatic carbocycles. The van der Waals surface area contributed by atoms with Gasteiger partial charge in [0.15, 0.2) is 0 Å². The van der Waals surface area contributed by atoms with E-state index in [-0.39, 0.29) is 0 Å². The maximum absolute atomic E-state index is 5.89. The molecule has 102 valence electrons. The average molecular weight is 361 g/mol. The smallest absolute Gasteiger partial charge is 0.134 e. The van der Waals surface area contributed by atoms with Crippen LogP contribution in [0.5, 0.6) is 5.75 Å². The maximum Gasteiger partial charge on any atom is 0.134 e. The van der Waals surface area contributed by atoms with E-state index in [1.54, 1.807) is 11.3 Å². The van der Waals surface area contributed by atoms with Gasteiger partial charge in [-0.3, -0.25) is 0 Å². The van der Waals surface area contributed by atoms with E-state index in [1.807, 2.05) is 18.2 Å². The SMILES string of the molecule is CCNCc1ccc(OCc2ccc(Cl)s2)c(Br)c1. The fourth-order valence-electron chi connectivity index (χ4n) is 1.62. The Morgan fingerprint density at radius 2 is 2.16 bits per heavy atom. The van der Waals surface area contributed by atoms with E-state index in [0.717, 1.165) is 32.5 Å². The molecule has 2 nitrogen and oxygen atoms in total. The van der Waals surface area contributed by atoms with Gasteiger partial charge in [-0.2, -0.15) is 0 Å². The summed E-state index contributed by atoms with van der Waals surface area (Å²) in [6.45, 7) is 4.48. The molecule has 1 aromatic carbocycles. The van der Waals surface area contributed by atoms with Crippen molar-refractivity contribution in [3.8, 4) is 5.75 Å². The van der Waals surface area contributed by atoms with Crippen LogP contribution in [-0.4, -0.2) is 6.54 Å². The second kappa shape index (κ2) is 7.29. The zero-order valence-corrected chi connectivity index (χ0v) is 13.7. The Kier molecular flexibility index (Phi) is 5.70. The third-order valence-corrected chi connectivity index (χ3v) is 4.40. The van der Waals surface area contributed by atoms with Gasteiger partial charge in [-0.15, -0.1) is 11.3 Å². The molecular formula is C14H15BrClNOS. The van der Waals surface area contributed by atoms with E-state index in [1.165, 1.54) is 5.56 Å². The Balaban J connectivity index is 1.96. The highest BCUT2D eigenvalue weighted by Gasteiger charge is 2.04. The molecule has 0 bridgehead atoms. The summed E-state index contributed by atoms with van der Waals surface area (Å²) < 4.78 is 7.55. The van der Waals surface area contributed by atoms with Crippen molar-refractivity contribution in [1.29, 1.82) is 0 Å². The first kappa shape index (κ1) is 14.9. The molecule has 0 fully saturated rings. The van der Waals surface area contributed by atoms with Crippen LogP contribution in [0.15, 0.2) is 34.8 Å². The number of benzene rings is 1. The normalized spacial score (nSPS) is 10.7. The first-order valence-corrected chi connectivity index (χ1v) is 8.04. The molecule has 2 aromatic rings. The number of rotatable bonds is 6. The van der Waals surface area contributed by atoms with E-state index >= 15 is 0 Å². The van der Waals surface area contributed by atoms with Crippen LogP contribution in [0.2, 0.25) is 4.34 Å². The Morgan fingerprint density at radius 1 is 1.32 bits per heavy atom. The minimum atomic E-state index is 0.544. The van der Waals surface area contributed by atoms with E-state index in [9.17, 15) is 0 Å². The lowest BCUT2D eigenvalue weighted by Crippen LogP contribution is -2.11. The fourth-order valence-corrected chi connectivity index (χ4v) is 3.16. The van der Waals surface area contributed by atoms with Crippen molar-refractivity contribution >= 4 is 38.9 Å². The first-order valence-electron chi connectivity index (χ1n) is 6.05. The van der Waals surface area contributed by atoms with Crippen LogP contribution >= 0.6 is 38.9 Å². The van der Waals surface area contributed by atoms with Gasteiger partial charge >= 0.3 is 0 Å². The molecule has 0 spiro atoms. The van der Waals surface area contributed by atoms with Crippen LogP contribution in [0.3, 0.4) is 0 Å². The number of hydrogen-bond acceptors (Lipinski definition) is 3. The van der Waals surface area contributed by atoms with E-state index in [4.69, 9.17) is 16.3 Å². The number of hydrogen-bond donors (Lipinski definition) is 1. The summed E-state index contributed by atoms with van der Waals surface area (Å²) in [6.07, 6.45) is 0. The highest BCUT2D eigenvalue weighted by molar-refractivity contribution is 9.10. The van der Waals surface area contributed by atoms with Crippen LogP contribution in [0, 0.1) is 0 Å². The van der Waals surface area contributed by atoms with Gasteiger partial charge < -0.3 is 10.1 Å². The monoisotopic (exact) mass is 359 g/mol. The van der Waals surface area contributed by atoms with Gasteiger partial charge in [0, 0.05) is 11.4 Å². The molecule has 0 amide bonds. The van der Waals surface area contributed by atoms with E-state index < -0.39 is 0 Å². The zero-order chi connectivity index (χ0) is 13.7. The van der Waals surface area contributed by atoms with Crippen molar-refractivity contribution in [1.82, 2.24) is 5.32 Å². The lowest BCUT2D eigenvalue weighted by molar-refractivity contribution is 0.307. The molecule has 1 aromatic heterocycles. The summed E-state index contributed by atoms with van der Waals surface area (Å²) in [7, 11) is 0. The third-order valence-electron chi connectivity index (χ3n) is 2.57. The minimum Gasteiger partial charge on any atom is -0.487 e. The molecule has 2 rings (SSSR count). The first-order chi connectivity index (χ1) is 9.19. The average Bonchev–Trinajstić information content (AvgIpc) is 2.81. The Labute approximate surface area is 130 Å². The molecule has 0 aliphatic heterocycles. The van der Waals surface area contributed by atoms with E-state index in [0.29, 0.717) is 6.61 Å². The van der Waals surface area contributed by atoms with Gasteiger partial charge in [0.2, 0.25) is 0 Å². The summed E-state index contributed by atoms with van der Waals surface area (Å²) in [4.78, 5) is 1.12. The summed E-state index contributed by atoms with van der Waals surface area (Å²) >= 11 is 11.0. The van der Waals surface area contributed by atoms with Crippen LogP contribution in [0.25, 0.3) is 0 Å². The highest BCUT2D eigenvalue weighted by Crippen LogP contribution is 2.28. The zero-order valence-electron chi connectivity index (χ0n) is 10.6. The summed E-state index contributed by atoms with van der Waals surface area (Å²) in [5.41, 5.74) is 1.24. The van der Waals surface area contributed by atoms with Gasteiger partial charge in [-0.05, 0) is 52.3 Å². The van der Waals surface area contributed by atoms with Crippen molar-refractivity contribution in [3.63, 3.8) is 0 Å². The summed E-state index contributed by atoms with van der Waals surface area (Å²) in [5.74, 6) is 0.852. The van der Waals surface area contributed by atoms with Crippen LogP contribution in [0.4, 0.5) is 0 Å². The molecule has 1 heterocycles. The van der Waals surface area contributed by atoms with Crippen molar-refractivity contribution in [2.24, 2.45) is 0 Å². The number of nitrogens with one attached hydrogen (secondary N) is 1. The van der Waals surface area contributed by atoms with Crippen molar-refractivity contribution < 1.29 is 4.74 Å². The van der Waals surface area contributed by atoms with Gasteiger partial charge in [0.25, 0.3) is 0 Å². The van der Waals surface area contributed by atoms with Crippen LogP contribution in [0.1, 0.15) is 17.4 Å². The Morgan fingerprint density at radius 3 is 2.79 bits per heavy atom. The number of thiophene rings is 1. The third kappa shape index (κ3) is 4.49. The van der Waals surface area contributed by atoms with Gasteiger partial charge in [-0.1, -0.05) is 24.6 Å². The molecular weight excluding hydrogens is 346 g/mol. The van der Waals surface area contributed by atoms with Gasteiger partial charge in [0.1, 0.15) is 12.4 Å². The predicted molar refractivity (Wildman–Crippen MR) is 85.2 cm³/mol. The minimum absolute atomic E-state index is 0.544. The molecule has 0 saturated heterocycles. The fraction of sp³-hybridized carbons (Fsp3) is 0.286. The Hall–Kier alpha value is -0.550. The largest absolute Gasteiger partial charge is 0.487 e. The topological polar surface area (TPSA) is 21.3 Å². The molecule has 0 radical (unpaired) electrons. The van der Waals surface area contributed by atoms with Crippen LogP contribution < -0.4 is 10.1 Å². The van der Waals surface area contributed by atoms with Crippen molar-refractivity contribution in [3.05, 3.63) is 49.6 Å². The molecule has 0 atom stereocenters. The number of halogens is 2. The molecule has 0 saturated carbocycles. The molecule has 19 heavy (non-hydrogen) atoms. The van der Waals surface area contributed by atoms with Crippen molar-refractivity contribution in [2.45, 2.75) is 20.1 Å².